The fourth-order valence-electron chi connectivity index (χ4n) is 1.73. The van der Waals surface area contributed by atoms with E-state index in [4.69, 9.17) is 4.74 Å². The lowest BCUT2D eigenvalue weighted by molar-refractivity contribution is -0.143. The predicted octanol–water partition coefficient (Wildman–Crippen LogP) is 2.20. The molecule has 0 saturated carbocycles. The number of esters is 1. The molecule has 0 aliphatic heterocycles. The smallest absolute Gasteiger partial charge is 0.305 e. The molecule has 0 radical (unpaired) electrons. The maximum Gasteiger partial charge on any atom is 0.305 e. The van der Waals surface area contributed by atoms with Crippen LogP contribution in [0, 0.1) is 0 Å². The first-order valence-corrected chi connectivity index (χ1v) is 8.42. The molecule has 2 amide bonds. The van der Waals surface area contributed by atoms with Crippen LogP contribution < -0.4 is 10.6 Å². The number of thioether (sulfide) groups is 1. The lowest BCUT2D eigenvalue weighted by atomic mass is 10.3. The molecule has 0 spiro atoms. The van der Waals surface area contributed by atoms with Crippen molar-refractivity contribution in [1.29, 1.82) is 0 Å². The Bertz CT molecular complexity index is 531. The van der Waals surface area contributed by atoms with E-state index in [0.29, 0.717) is 31.7 Å². The number of hydrogen-bond donors (Lipinski definition) is 2. The van der Waals surface area contributed by atoms with Crippen molar-refractivity contribution >= 4 is 35.2 Å². The van der Waals surface area contributed by atoms with E-state index in [1.165, 1.54) is 18.7 Å². The van der Waals surface area contributed by atoms with E-state index in [0.717, 1.165) is 10.6 Å². The van der Waals surface area contributed by atoms with Gasteiger partial charge >= 0.3 is 5.97 Å². The molecule has 0 aromatic heterocycles. The number of carbonyl (C=O) groups is 3. The maximum absolute atomic E-state index is 11.7. The third kappa shape index (κ3) is 8.87. The zero-order valence-electron chi connectivity index (χ0n) is 13.4. The van der Waals surface area contributed by atoms with Crippen LogP contribution in [0.2, 0.25) is 0 Å². The average molecular weight is 338 g/mol. The summed E-state index contributed by atoms with van der Waals surface area (Å²) in [6.45, 7) is 4.05. The van der Waals surface area contributed by atoms with E-state index < -0.39 is 0 Å². The summed E-state index contributed by atoms with van der Waals surface area (Å²) in [6, 6.07) is 7.29. The summed E-state index contributed by atoms with van der Waals surface area (Å²) >= 11 is 1.41. The summed E-state index contributed by atoms with van der Waals surface area (Å²) in [5.74, 6) is -0.133. The topological polar surface area (TPSA) is 84.5 Å². The summed E-state index contributed by atoms with van der Waals surface area (Å²) < 4.78 is 4.81. The molecule has 0 aliphatic carbocycles. The molecular weight excluding hydrogens is 316 g/mol. The first-order valence-electron chi connectivity index (χ1n) is 7.44. The summed E-state index contributed by atoms with van der Waals surface area (Å²) in [5.41, 5.74) is 0.727. The van der Waals surface area contributed by atoms with Crippen molar-refractivity contribution in [2.75, 3.05) is 24.2 Å². The molecule has 0 unspecified atom stereocenters. The number of rotatable bonds is 9. The summed E-state index contributed by atoms with van der Waals surface area (Å²) in [7, 11) is 0. The Kier molecular flexibility index (Phi) is 8.82. The molecule has 0 saturated heterocycles. The van der Waals surface area contributed by atoms with Gasteiger partial charge in [0.15, 0.2) is 0 Å². The minimum absolute atomic E-state index is 0.0789. The van der Waals surface area contributed by atoms with Gasteiger partial charge in [0.2, 0.25) is 11.8 Å². The summed E-state index contributed by atoms with van der Waals surface area (Å²) in [4.78, 5) is 34.7. The van der Waals surface area contributed by atoms with Crippen LogP contribution >= 0.6 is 11.8 Å². The lowest BCUT2D eigenvalue weighted by Crippen LogP contribution is -2.26. The second-order valence-corrected chi connectivity index (χ2v) is 5.80. The number of nitrogens with one attached hydrogen (secondary N) is 2. The molecule has 0 aliphatic rings. The average Bonchev–Trinajstić information content (AvgIpc) is 2.50. The van der Waals surface area contributed by atoms with Gasteiger partial charge in [0.1, 0.15) is 0 Å². The highest BCUT2D eigenvalue weighted by molar-refractivity contribution is 8.00. The molecule has 1 aromatic carbocycles. The molecule has 0 bridgehead atoms. The molecule has 6 nitrogen and oxygen atoms in total. The second-order valence-electron chi connectivity index (χ2n) is 4.75. The number of carbonyl (C=O) groups excluding carboxylic acids is 3. The number of anilines is 1. The highest BCUT2D eigenvalue weighted by Gasteiger charge is 2.05. The van der Waals surface area contributed by atoms with Crippen LogP contribution in [-0.2, 0) is 19.1 Å². The van der Waals surface area contributed by atoms with Gasteiger partial charge in [-0.25, -0.2) is 0 Å². The van der Waals surface area contributed by atoms with Gasteiger partial charge in [0.05, 0.1) is 12.4 Å². The molecule has 0 fully saturated rings. The Morgan fingerprint density at radius 1 is 1.17 bits per heavy atom. The summed E-state index contributed by atoms with van der Waals surface area (Å²) in [5, 5.41) is 5.45. The summed E-state index contributed by atoms with van der Waals surface area (Å²) in [6.07, 6.45) is 0.881. The number of benzene rings is 1. The Hall–Kier alpha value is -2.02. The first-order chi connectivity index (χ1) is 11.0. The van der Waals surface area contributed by atoms with Crippen molar-refractivity contribution in [3.8, 4) is 0 Å². The van der Waals surface area contributed by atoms with Gasteiger partial charge in [-0.15, -0.1) is 11.8 Å². The maximum atomic E-state index is 11.7. The van der Waals surface area contributed by atoms with Gasteiger partial charge in [-0.1, -0.05) is 0 Å². The van der Waals surface area contributed by atoms with Gasteiger partial charge in [0.25, 0.3) is 0 Å². The monoisotopic (exact) mass is 338 g/mol. The largest absolute Gasteiger partial charge is 0.466 e. The van der Waals surface area contributed by atoms with E-state index in [2.05, 4.69) is 10.6 Å². The Morgan fingerprint density at radius 3 is 2.48 bits per heavy atom. The van der Waals surface area contributed by atoms with E-state index in [9.17, 15) is 14.4 Å². The van der Waals surface area contributed by atoms with Crippen LogP contribution in [0.1, 0.15) is 26.7 Å². The third-order valence-electron chi connectivity index (χ3n) is 2.73. The molecule has 0 heterocycles. The van der Waals surface area contributed by atoms with Crippen molar-refractivity contribution in [3.63, 3.8) is 0 Å². The fraction of sp³-hybridized carbons (Fsp3) is 0.438. The van der Waals surface area contributed by atoms with E-state index in [1.54, 1.807) is 19.1 Å². The predicted molar refractivity (Wildman–Crippen MR) is 90.3 cm³/mol. The fourth-order valence-corrected chi connectivity index (χ4v) is 2.46. The van der Waals surface area contributed by atoms with Crippen molar-refractivity contribution in [3.05, 3.63) is 24.3 Å². The van der Waals surface area contributed by atoms with E-state index >= 15 is 0 Å². The molecule has 0 atom stereocenters. The minimum atomic E-state index is -0.240. The number of hydrogen-bond acceptors (Lipinski definition) is 5. The molecule has 7 heteroatoms. The van der Waals surface area contributed by atoms with Crippen LogP contribution in [0.3, 0.4) is 0 Å². The van der Waals surface area contributed by atoms with E-state index in [-0.39, 0.29) is 17.8 Å². The van der Waals surface area contributed by atoms with Crippen molar-refractivity contribution in [2.24, 2.45) is 0 Å². The van der Waals surface area contributed by atoms with Crippen LogP contribution in [0.5, 0.6) is 0 Å². The Morgan fingerprint density at radius 2 is 1.87 bits per heavy atom. The van der Waals surface area contributed by atoms with Crippen molar-refractivity contribution < 1.29 is 19.1 Å². The quantitative estimate of drug-likeness (QED) is 0.410. The molecule has 23 heavy (non-hydrogen) atoms. The van der Waals surface area contributed by atoms with Crippen molar-refractivity contribution in [2.45, 2.75) is 31.6 Å². The standard InChI is InChI=1S/C16H22N2O4S/c1-3-22-16(21)5-4-10-17-15(20)11-23-14-8-6-13(7-9-14)18-12(2)19/h6-9H,3-5,10-11H2,1-2H3,(H,17,20)(H,18,19). The van der Waals surface area contributed by atoms with Crippen LogP contribution in [-0.4, -0.2) is 36.7 Å². The van der Waals surface area contributed by atoms with Gasteiger partial charge in [0, 0.05) is 30.5 Å². The van der Waals surface area contributed by atoms with E-state index in [1.807, 2.05) is 12.1 Å². The number of ether oxygens (including phenoxy) is 1. The molecule has 1 rings (SSSR count). The normalized spacial score (nSPS) is 10.0. The van der Waals surface area contributed by atoms with Gasteiger partial charge < -0.3 is 15.4 Å². The minimum Gasteiger partial charge on any atom is -0.466 e. The molecule has 126 valence electrons. The van der Waals surface area contributed by atoms with Crippen LogP contribution in [0.25, 0.3) is 0 Å². The Balaban J connectivity index is 2.20. The highest BCUT2D eigenvalue weighted by atomic mass is 32.2. The zero-order chi connectivity index (χ0) is 17.1. The van der Waals surface area contributed by atoms with Crippen LogP contribution in [0.4, 0.5) is 5.69 Å². The van der Waals surface area contributed by atoms with Gasteiger partial charge in [-0.05, 0) is 37.6 Å². The first kappa shape index (κ1) is 19.0. The van der Waals surface area contributed by atoms with Crippen LogP contribution in [0.15, 0.2) is 29.2 Å². The highest BCUT2D eigenvalue weighted by Crippen LogP contribution is 2.20. The molecular formula is C16H22N2O4S. The SMILES string of the molecule is CCOC(=O)CCCNC(=O)CSc1ccc(NC(C)=O)cc1. The van der Waals surface area contributed by atoms with Crippen molar-refractivity contribution in [1.82, 2.24) is 5.32 Å². The zero-order valence-corrected chi connectivity index (χ0v) is 14.2. The molecule has 1 aromatic rings. The third-order valence-corrected chi connectivity index (χ3v) is 3.74. The molecule has 2 N–H and O–H groups in total. The second kappa shape index (κ2) is 10.7. The Labute approximate surface area is 140 Å². The van der Waals surface area contributed by atoms with Gasteiger partial charge in [-0.2, -0.15) is 0 Å². The lowest BCUT2D eigenvalue weighted by Gasteiger charge is -2.06. The number of amides is 2. The van der Waals surface area contributed by atoms with Gasteiger partial charge in [-0.3, -0.25) is 14.4 Å².